The number of hydrogen-bond acceptors (Lipinski definition) is 1. The van der Waals surface area contributed by atoms with Crippen molar-refractivity contribution in [3.8, 4) is 0 Å². The van der Waals surface area contributed by atoms with Crippen molar-refractivity contribution in [1.82, 2.24) is 0 Å². The summed E-state index contributed by atoms with van der Waals surface area (Å²) in [6.45, 7) is 6.93. The lowest BCUT2D eigenvalue weighted by molar-refractivity contribution is 0.192. The minimum absolute atomic E-state index is 0.464. The van der Waals surface area contributed by atoms with Gasteiger partial charge in [-0.1, -0.05) is 20.8 Å². The smallest absolute Gasteiger partial charge is 0.00672 e. The third-order valence-corrected chi connectivity index (χ3v) is 3.09. The van der Waals surface area contributed by atoms with Gasteiger partial charge in [-0.15, -0.1) is 0 Å². The van der Waals surface area contributed by atoms with E-state index in [0.717, 1.165) is 17.8 Å². The van der Waals surface area contributed by atoms with Crippen LogP contribution in [0.25, 0.3) is 0 Å². The first-order chi connectivity index (χ1) is 4.61. The zero-order valence-electron chi connectivity index (χ0n) is 7.30. The molecule has 0 spiro atoms. The highest BCUT2D eigenvalue weighted by Gasteiger charge is 2.27. The van der Waals surface area contributed by atoms with E-state index in [2.05, 4.69) is 20.8 Å². The summed E-state index contributed by atoms with van der Waals surface area (Å²) in [5, 5.41) is 0. The van der Waals surface area contributed by atoms with Crippen molar-refractivity contribution in [2.45, 2.75) is 39.7 Å². The van der Waals surface area contributed by atoms with Crippen LogP contribution < -0.4 is 5.73 Å². The van der Waals surface area contributed by atoms with Crippen molar-refractivity contribution in [3.63, 3.8) is 0 Å². The highest BCUT2D eigenvalue weighted by Crippen LogP contribution is 2.31. The first-order valence-electron chi connectivity index (χ1n) is 4.37. The Balaban J connectivity index is 2.46. The predicted molar refractivity (Wildman–Crippen MR) is 44.7 cm³/mol. The quantitative estimate of drug-likeness (QED) is 0.548. The molecule has 0 unspecified atom stereocenters. The van der Waals surface area contributed by atoms with Gasteiger partial charge in [0.15, 0.2) is 0 Å². The maximum absolute atomic E-state index is 5.93. The van der Waals surface area contributed by atoms with Gasteiger partial charge >= 0.3 is 0 Å². The van der Waals surface area contributed by atoms with Crippen LogP contribution in [0.2, 0.25) is 0 Å². The van der Waals surface area contributed by atoms with Gasteiger partial charge in [0.1, 0.15) is 0 Å². The Kier molecular flexibility index (Phi) is 2.35. The SMILES string of the molecule is C[C@@H]1C[C@H](C)[C@H](N)C[C@@H]1C. The number of rotatable bonds is 0. The summed E-state index contributed by atoms with van der Waals surface area (Å²) in [4.78, 5) is 0. The number of nitrogens with two attached hydrogens (primary N) is 1. The molecule has 0 aromatic carbocycles. The fourth-order valence-electron chi connectivity index (χ4n) is 1.89. The second kappa shape index (κ2) is 2.91. The normalized spacial score (nSPS) is 49.2. The lowest BCUT2D eigenvalue weighted by Gasteiger charge is -2.34. The number of hydrogen-bond donors (Lipinski definition) is 1. The van der Waals surface area contributed by atoms with Crippen LogP contribution in [0.5, 0.6) is 0 Å². The second-order valence-electron chi connectivity index (χ2n) is 4.07. The molecule has 4 atom stereocenters. The monoisotopic (exact) mass is 141 g/mol. The molecule has 0 aromatic rings. The standard InChI is InChI=1S/C9H19N/c1-6-4-8(3)9(10)5-7(6)2/h6-9H,4-5,10H2,1-3H3/t6-,7+,8+,9-/m1/s1. The topological polar surface area (TPSA) is 26.0 Å². The molecule has 1 aliphatic carbocycles. The predicted octanol–water partition coefficient (Wildman–Crippen LogP) is 2.02. The van der Waals surface area contributed by atoms with Crippen LogP contribution in [0.1, 0.15) is 33.6 Å². The van der Waals surface area contributed by atoms with Crippen LogP contribution in [0.15, 0.2) is 0 Å². The van der Waals surface area contributed by atoms with E-state index < -0.39 is 0 Å². The van der Waals surface area contributed by atoms with Gasteiger partial charge in [0.2, 0.25) is 0 Å². The first kappa shape index (κ1) is 8.06. The summed E-state index contributed by atoms with van der Waals surface area (Å²) >= 11 is 0. The summed E-state index contributed by atoms with van der Waals surface area (Å²) in [5.41, 5.74) is 5.93. The van der Waals surface area contributed by atoms with Gasteiger partial charge in [0, 0.05) is 6.04 Å². The molecule has 1 rings (SSSR count). The van der Waals surface area contributed by atoms with Gasteiger partial charge in [-0.05, 0) is 30.6 Å². The van der Waals surface area contributed by atoms with Crippen molar-refractivity contribution in [2.24, 2.45) is 23.5 Å². The van der Waals surface area contributed by atoms with Crippen molar-refractivity contribution >= 4 is 0 Å². The Labute approximate surface area is 64.0 Å². The van der Waals surface area contributed by atoms with Crippen LogP contribution in [-0.2, 0) is 0 Å². The van der Waals surface area contributed by atoms with E-state index in [1.807, 2.05) is 0 Å². The minimum Gasteiger partial charge on any atom is -0.327 e. The van der Waals surface area contributed by atoms with Crippen molar-refractivity contribution in [1.29, 1.82) is 0 Å². The second-order valence-corrected chi connectivity index (χ2v) is 4.07. The molecule has 0 saturated heterocycles. The zero-order valence-corrected chi connectivity index (χ0v) is 7.30. The molecule has 0 aliphatic heterocycles. The lowest BCUT2D eigenvalue weighted by Crippen LogP contribution is -2.37. The molecular formula is C9H19N. The highest BCUT2D eigenvalue weighted by atomic mass is 14.7. The van der Waals surface area contributed by atoms with Crippen molar-refractivity contribution < 1.29 is 0 Å². The average Bonchev–Trinajstić information content (AvgIpc) is 1.84. The van der Waals surface area contributed by atoms with Gasteiger partial charge < -0.3 is 5.73 Å². The van der Waals surface area contributed by atoms with Crippen LogP contribution in [0.4, 0.5) is 0 Å². The van der Waals surface area contributed by atoms with Crippen LogP contribution in [-0.4, -0.2) is 6.04 Å². The summed E-state index contributed by atoms with van der Waals surface area (Å²) in [5.74, 6) is 2.46. The molecule has 2 N–H and O–H groups in total. The van der Waals surface area contributed by atoms with Crippen LogP contribution in [0.3, 0.4) is 0 Å². The average molecular weight is 141 g/mol. The first-order valence-corrected chi connectivity index (χ1v) is 4.37. The molecule has 0 aromatic heterocycles. The summed E-state index contributed by atoms with van der Waals surface area (Å²) < 4.78 is 0. The molecular weight excluding hydrogens is 122 g/mol. The summed E-state index contributed by atoms with van der Waals surface area (Å²) in [6, 6.07) is 0.464. The molecule has 0 heterocycles. The maximum atomic E-state index is 5.93. The van der Waals surface area contributed by atoms with Crippen molar-refractivity contribution in [2.75, 3.05) is 0 Å². The zero-order chi connectivity index (χ0) is 7.72. The highest BCUT2D eigenvalue weighted by molar-refractivity contribution is 4.81. The molecule has 1 saturated carbocycles. The largest absolute Gasteiger partial charge is 0.327 e. The van der Waals surface area contributed by atoms with Gasteiger partial charge in [0.25, 0.3) is 0 Å². The van der Waals surface area contributed by atoms with Gasteiger partial charge in [-0.2, -0.15) is 0 Å². The summed E-state index contributed by atoms with van der Waals surface area (Å²) in [6.07, 6.45) is 2.55. The van der Waals surface area contributed by atoms with Gasteiger partial charge in [-0.25, -0.2) is 0 Å². The Morgan fingerprint density at radius 2 is 1.40 bits per heavy atom. The van der Waals surface area contributed by atoms with E-state index in [1.54, 1.807) is 0 Å². The molecule has 10 heavy (non-hydrogen) atoms. The molecule has 0 radical (unpaired) electrons. The molecule has 60 valence electrons. The van der Waals surface area contributed by atoms with E-state index in [4.69, 9.17) is 5.73 Å². The van der Waals surface area contributed by atoms with Crippen molar-refractivity contribution in [3.05, 3.63) is 0 Å². The molecule has 1 aliphatic rings. The minimum atomic E-state index is 0.464. The third-order valence-electron chi connectivity index (χ3n) is 3.09. The third kappa shape index (κ3) is 1.51. The molecule has 0 bridgehead atoms. The fourth-order valence-corrected chi connectivity index (χ4v) is 1.89. The van der Waals surface area contributed by atoms with Gasteiger partial charge in [-0.3, -0.25) is 0 Å². The fraction of sp³-hybridized carbons (Fsp3) is 1.00. The molecule has 0 amide bonds. The maximum Gasteiger partial charge on any atom is 0.00672 e. The molecule has 1 heteroatoms. The van der Waals surface area contributed by atoms with E-state index in [9.17, 15) is 0 Å². The molecule has 1 fully saturated rings. The summed E-state index contributed by atoms with van der Waals surface area (Å²) in [7, 11) is 0. The molecule has 1 nitrogen and oxygen atoms in total. The van der Waals surface area contributed by atoms with E-state index in [0.29, 0.717) is 6.04 Å². The van der Waals surface area contributed by atoms with E-state index in [-0.39, 0.29) is 0 Å². The lowest BCUT2D eigenvalue weighted by atomic mass is 9.74. The van der Waals surface area contributed by atoms with Gasteiger partial charge in [0.05, 0.1) is 0 Å². The van der Waals surface area contributed by atoms with E-state index in [1.165, 1.54) is 12.8 Å². The Bertz CT molecular complexity index is 85.3. The van der Waals surface area contributed by atoms with Crippen LogP contribution >= 0.6 is 0 Å². The Hall–Kier alpha value is -0.0400. The van der Waals surface area contributed by atoms with E-state index >= 15 is 0 Å². The Morgan fingerprint density at radius 1 is 0.900 bits per heavy atom. The van der Waals surface area contributed by atoms with Crippen LogP contribution in [0, 0.1) is 17.8 Å². The Morgan fingerprint density at radius 3 is 1.90 bits per heavy atom.